The van der Waals surface area contributed by atoms with Crippen LogP contribution in [-0.2, 0) is 33.8 Å². The zero-order valence-electron chi connectivity index (χ0n) is 22.8. The molecule has 2 aromatic carbocycles. The average Bonchev–Trinajstić information content (AvgIpc) is 2.88. The van der Waals surface area contributed by atoms with E-state index in [4.69, 9.17) is 0 Å². The second-order valence-corrected chi connectivity index (χ2v) is 10.1. The highest BCUT2D eigenvalue weighted by Crippen LogP contribution is 2.14. The van der Waals surface area contributed by atoms with E-state index >= 15 is 0 Å². The number of aryl methyl sites for hydroxylation is 1. The molecule has 212 valence electrons. The fraction of sp³-hybridized carbons (Fsp3) is 0.483. The number of rotatable bonds is 13. The molecule has 0 spiro atoms. The van der Waals surface area contributed by atoms with Gasteiger partial charge in [0.15, 0.2) is 0 Å². The Labute approximate surface area is 228 Å². The number of benzene rings is 2. The SMILES string of the molecule is CCCN1C(=O)C(=O)N(CC(=O)N[C@@H](Cc2cc(F)cc(F)c2)[C@@H](O)CNCc2cccc(CC)c2)C[C@@H]1C. The molecule has 1 saturated heterocycles. The molecule has 39 heavy (non-hydrogen) atoms. The van der Waals surface area contributed by atoms with Gasteiger partial charge in [0.1, 0.15) is 18.2 Å². The number of aliphatic hydroxyl groups excluding tert-OH is 1. The Hall–Kier alpha value is -3.37. The second-order valence-electron chi connectivity index (χ2n) is 10.1. The van der Waals surface area contributed by atoms with Gasteiger partial charge in [-0.25, -0.2) is 8.78 Å². The van der Waals surface area contributed by atoms with Crippen LogP contribution in [0, 0.1) is 11.6 Å². The van der Waals surface area contributed by atoms with Crippen molar-refractivity contribution in [2.45, 2.75) is 64.8 Å². The van der Waals surface area contributed by atoms with Crippen LogP contribution in [0.2, 0.25) is 0 Å². The summed E-state index contributed by atoms with van der Waals surface area (Å²) in [5.74, 6) is -3.50. The predicted octanol–water partition coefficient (Wildman–Crippen LogP) is 2.17. The van der Waals surface area contributed by atoms with Crippen LogP contribution in [-0.4, -0.2) is 77.0 Å². The third-order valence-electron chi connectivity index (χ3n) is 6.82. The first-order valence-electron chi connectivity index (χ1n) is 13.4. The van der Waals surface area contributed by atoms with Crippen LogP contribution in [0.15, 0.2) is 42.5 Å². The first-order valence-corrected chi connectivity index (χ1v) is 13.4. The lowest BCUT2D eigenvalue weighted by Gasteiger charge is -2.38. The number of halogens is 2. The van der Waals surface area contributed by atoms with Crippen LogP contribution < -0.4 is 10.6 Å². The Bertz CT molecular complexity index is 1140. The van der Waals surface area contributed by atoms with E-state index in [1.165, 1.54) is 15.4 Å². The van der Waals surface area contributed by atoms with E-state index in [0.717, 1.165) is 30.2 Å². The van der Waals surface area contributed by atoms with Crippen molar-refractivity contribution in [3.8, 4) is 0 Å². The van der Waals surface area contributed by atoms with E-state index in [-0.39, 0.29) is 37.7 Å². The van der Waals surface area contributed by atoms with Crippen molar-refractivity contribution in [3.05, 3.63) is 70.8 Å². The molecule has 0 bridgehead atoms. The monoisotopic (exact) mass is 544 g/mol. The van der Waals surface area contributed by atoms with Gasteiger partial charge in [-0.3, -0.25) is 14.4 Å². The van der Waals surface area contributed by atoms with E-state index < -0.39 is 41.5 Å². The lowest BCUT2D eigenvalue weighted by atomic mass is 10.0. The molecule has 8 nitrogen and oxygen atoms in total. The van der Waals surface area contributed by atoms with E-state index in [1.807, 2.05) is 32.0 Å². The number of hydrogen-bond donors (Lipinski definition) is 3. The molecule has 1 aliphatic rings. The van der Waals surface area contributed by atoms with Crippen LogP contribution in [0.4, 0.5) is 8.78 Å². The maximum absolute atomic E-state index is 13.8. The molecule has 3 N–H and O–H groups in total. The minimum atomic E-state index is -1.10. The van der Waals surface area contributed by atoms with Gasteiger partial charge in [-0.1, -0.05) is 38.1 Å². The largest absolute Gasteiger partial charge is 0.390 e. The lowest BCUT2D eigenvalue weighted by Crippen LogP contribution is -2.61. The Morgan fingerprint density at radius 2 is 1.74 bits per heavy atom. The lowest BCUT2D eigenvalue weighted by molar-refractivity contribution is -0.159. The van der Waals surface area contributed by atoms with Gasteiger partial charge in [-0.2, -0.15) is 0 Å². The third-order valence-corrected chi connectivity index (χ3v) is 6.82. The Morgan fingerprint density at radius 3 is 2.41 bits per heavy atom. The van der Waals surface area contributed by atoms with Crippen LogP contribution in [0.25, 0.3) is 0 Å². The minimum absolute atomic E-state index is 0.0395. The second kappa shape index (κ2) is 14.1. The van der Waals surface area contributed by atoms with Crippen molar-refractivity contribution < 1.29 is 28.3 Å². The van der Waals surface area contributed by atoms with Crippen LogP contribution in [0.1, 0.15) is 43.9 Å². The van der Waals surface area contributed by atoms with Gasteiger partial charge in [-0.15, -0.1) is 0 Å². The molecule has 0 unspecified atom stereocenters. The number of carbonyl (C=O) groups excluding carboxylic acids is 3. The predicted molar refractivity (Wildman–Crippen MR) is 144 cm³/mol. The summed E-state index contributed by atoms with van der Waals surface area (Å²) < 4.78 is 27.6. The summed E-state index contributed by atoms with van der Waals surface area (Å²) >= 11 is 0. The highest BCUT2D eigenvalue weighted by molar-refractivity contribution is 6.35. The van der Waals surface area contributed by atoms with Crippen molar-refractivity contribution in [2.75, 3.05) is 26.2 Å². The summed E-state index contributed by atoms with van der Waals surface area (Å²) in [5, 5.41) is 16.8. The molecule has 3 amide bonds. The summed E-state index contributed by atoms with van der Waals surface area (Å²) in [6, 6.07) is 9.92. The molecule has 3 rings (SSSR count). The number of nitrogens with zero attached hydrogens (tertiary/aromatic N) is 2. The molecule has 0 saturated carbocycles. The van der Waals surface area contributed by atoms with Gasteiger partial charge < -0.3 is 25.5 Å². The van der Waals surface area contributed by atoms with Gasteiger partial charge in [-0.05, 0) is 55.0 Å². The third kappa shape index (κ3) is 8.56. The topological polar surface area (TPSA) is 102 Å². The minimum Gasteiger partial charge on any atom is -0.390 e. The van der Waals surface area contributed by atoms with Crippen molar-refractivity contribution in [1.29, 1.82) is 0 Å². The Kier molecular flexibility index (Phi) is 10.9. The molecule has 1 heterocycles. The maximum Gasteiger partial charge on any atom is 0.312 e. The fourth-order valence-corrected chi connectivity index (χ4v) is 4.82. The van der Waals surface area contributed by atoms with Crippen molar-refractivity contribution in [2.24, 2.45) is 0 Å². The number of carbonyl (C=O) groups is 3. The van der Waals surface area contributed by atoms with E-state index in [1.54, 1.807) is 0 Å². The number of piperazine rings is 1. The molecule has 1 fully saturated rings. The van der Waals surface area contributed by atoms with Gasteiger partial charge in [0, 0.05) is 38.3 Å². The van der Waals surface area contributed by atoms with Gasteiger partial charge >= 0.3 is 11.8 Å². The average molecular weight is 545 g/mol. The molecule has 1 aliphatic heterocycles. The number of hydrogen-bond acceptors (Lipinski definition) is 5. The maximum atomic E-state index is 13.8. The van der Waals surface area contributed by atoms with E-state index in [2.05, 4.69) is 23.6 Å². The first kappa shape index (κ1) is 30.2. The molecule has 0 radical (unpaired) electrons. The zero-order chi connectivity index (χ0) is 28.5. The Morgan fingerprint density at radius 1 is 1.05 bits per heavy atom. The molecule has 0 aromatic heterocycles. The Balaban J connectivity index is 1.67. The van der Waals surface area contributed by atoms with Crippen molar-refractivity contribution in [3.63, 3.8) is 0 Å². The summed E-state index contributed by atoms with van der Waals surface area (Å²) in [5.41, 5.74) is 2.49. The normalized spacial score (nSPS) is 17.3. The van der Waals surface area contributed by atoms with Gasteiger partial charge in [0.2, 0.25) is 5.91 Å². The summed E-state index contributed by atoms with van der Waals surface area (Å²) in [6.45, 7) is 6.68. The highest BCUT2D eigenvalue weighted by Gasteiger charge is 2.37. The summed E-state index contributed by atoms with van der Waals surface area (Å²) in [4.78, 5) is 40.8. The van der Waals surface area contributed by atoms with Gasteiger partial charge in [0.25, 0.3) is 0 Å². The number of nitrogens with one attached hydrogen (secondary N) is 2. The molecule has 10 heteroatoms. The summed E-state index contributed by atoms with van der Waals surface area (Å²) in [6.07, 6.45) is 0.465. The van der Waals surface area contributed by atoms with Crippen LogP contribution in [0.5, 0.6) is 0 Å². The molecule has 0 aliphatic carbocycles. The standard InChI is InChI=1S/C29H38F2N4O4/c1-4-9-35-19(3)17-34(28(38)29(35)39)18-27(37)33-25(13-22-11-23(30)14-24(31)12-22)26(36)16-32-15-21-8-6-7-20(5-2)10-21/h6-8,10-12,14,19,25-26,32,36H,4-5,9,13,15-18H2,1-3H3,(H,33,37)/t19-,25-,26-/m0/s1. The molecular weight excluding hydrogens is 506 g/mol. The van der Waals surface area contributed by atoms with E-state index in [9.17, 15) is 28.3 Å². The van der Waals surface area contributed by atoms with Crippen LogP contribution >= 0.6 is 0 Å². The molecule has 2 aromatic rings. The molecular formula is C29H38F2N4O4. The van der Waals surface area contributed by atoms with Gasteiger partial charge in [0.05, 0.1) is 12.1 Å². The van der Waals surface area contributed by atoms with E-state index in [0.29, 0.717) is 19.5 Å². The van der Waals surface area contributed by atoms with Crippen LogP contribution in [0.3, 0.4) is 0 Å². The smallest absolute Gasteiger partial charge is 0.312 e. The first-order chi connectivity index (χ1) is 18.6. The number of aliphatic hydroxyl groups is 1. The zero-order valence-corrected chi connectivity index (χ0v) is 22.8. The quantitative estimate of drug-likeness (QED) is 0.336. The number of amides is 3. The van der Waals surface area contributed by atoms with Crippen molar-refractivity contribution >= 4 is 17.7 Å². The highest BCUT2D eigenvalue weighted by atomic mass is 19.1. The van der Waals surface area contributed by atoms with Crippen molar-refractivity contribution in [1.82, 2.24) is 20.4 Å². The summed E-state index contributed by atoms with van der Waals surface area (Å²) in [7, 11) is 0. The fourth-order valence-electron chi connectivity index (χ4n) is 4.82. The molecule has 3 atom stereocenters.